The highest BCUT2D eigenvalue weighted by atomic mass is 16.6. The van der Waals surface area contributed by atoms with Crippen LogP contribution in [-0.4, -0.2) is 43.5 Å². The second-order valence-electron chi connectivity index (χ2n) is 6.30. The highest BCUT2D eigenvalue weighted by Gasteiger charge is 2.28. The van der Waals surface area contributed by atoms with Crippen LogP contribution in [0.15, 0.2) is 55.6 Å². The molecule has 6 heteroatoms. The molecule has 6 nitrogen and oxygen atoms in total. The van der Waals surface area contributed by atoms with Crippen LogP contribution in [0.25, 0.3) is 0 Å². The Hall–Kier alpha value is -2.44. The van der Waals surface area contributed by atoms with Gasteiger partial charge >= 0.3 is 11.9 Å². The number of hydrogen-bond acceptors (Lipinski definition) is 6. The molecule has 0 aliphatic rings. The third kappa shape index (κ3) is 10.0. The molecule has 1 aromatic carbocycles. The van der Waals surface area contributed by atoms with Crippen molar-refractivity contribution >= 4 is 11.9 Å². The zero-order valence-electron chi connectivity index (χ0n) is 16.7. The molecule has 0 saturated heterocycles. The summed E-state index contributed by atoms with van der Waals surface area (Å²) in [6.07, 6.45) is 2.68. The van der Waals surface area contributed by atoms with Crippen molar-refractivity contribution < 1.29 is 28.5 Å². The van der Waals surface area contributed by atoms with Crippen molar-refractivity contribution in [3.63, 3.8) is 0 Å². The van der Waals surface area contributed by atoms with E-state index in [1.165, 1.54) is 13.8 Å². The predicted octanol–water partition coefficient (Wildman–Crippen LogP) is 3.60. The number of esters is 2. The maximum absolute atomic E-state index is 11.5. The maximum atomic E-state index is 11.5. The van der Waals surface area contributed by atoms with Crippen molar-refractivity contribution in [2.45, 2.75) is 51.6 Å². The van der Waals surface area contributed by atoms with Gasteiger partial charge in [0.15, 0.2) is 0 Å². The van der Waals surface area contributed by atoms with Crippen molar-refractivity contribution in [2.75, 3.05) is 13.2 Å². The van der Waals surface area contributed by atoms with E-state index in [2.05, 4.69) is 13.2 Å². The van der Waals surface area contributed by atoms with Gasteiger partial charge in [0.05, 0.1) is 19.3 Å². The number of rotatable bonds is 14. The van der Waals surface area contributed by atoms with Gasteiger partial charge in [0.1, 0.15) is 18.8 Å². The summed E-state index contributed by atoms with van der Waals surface area (Å²) < 4.78 is 22.3. The van der Waals surface area contributed by atoms with E-state index in [1.807, 2.05) is 30.3 Å². The van der Waals surface area contributed by atoms with E-state index < -0.39 is 24.1 Å². The predicted molar refractivity (Wildman–Crippen MR) is 107 cm³/mol. The van der Waals surface area contributed by atoms with E-state index >= 15 is 0 Å². The summed E-state index contributed by atoms with van der Waals surface area (Å²) >= 11 is 0. The van der Waals surface area contributed by atoms with Crippen LogP contribution >= 0.6 is 0 Å². The minimum atomic E-state index is -0.643. The third-order valence-corrected chi connectivity index (χ3v) is 3.79. The molecule has 0 N–H and O–H groups in total. The molecule has 1 aromatic rings. The van der Waals surface area contributed by atoms with E-state index in [4.69, 9.17) is 18.9 Å². The van der Waals surface area contributed by atoms with Crippen molar-refractivity contribution in [2.24, 2.45) is 0 Å². The largest absolute Gasteiger partial charge is 0.463 e. The Labute approximate surface area is 167 Å². The fourth-order valence-electron chi connectivity index (χ4n) is 2.57. The van der Waals surface area contributed by atoms with Crippen LogP contribution in [0, 0.1) is 0 Å². The Balaban J connectivity index is 2.76. The summed E-state index contributed by atoms with van der Waals surface area (Å²) in [5.74, 6) is -0.877. The smallest absolute Gasteiger partial charge is 0.303 e. The van der Waals surface area contributed by atoms with Gasteiger partial charge in [-0.25, -0.2) is 0 Å². The molecule has 0 bridgehead atoms. The Morgan fingerprint density at radius 2 is 1.64 bits per heavy atom. The minimum Gasteiger partial charge on any atom is -0.463 e. The maximum Gasteiger partial charge on any atom is 0.303 e. The average Bonchev–Trinajstić information content (AvgIpc) is 2.65. The second-order valence-corrected chi connectivity index (χ2v) is 6.30. The lowest BCUT2D eigenvalue weighted by atomic mass is 10.1. The SMILES string of the molecule is C=CC[C@H](COCc1ccccc1)O[C@H](COC(C)=O)[C@@H](CC=C)OC(C)=O. The van der Waals surface area contributed by atoms with Crippen molar-refractivity contribution in [3.8, 4) is 0 Å². The highest BCUT2D eigenvalue weighted by Crippen LogP contribution is 2.16. The van der Waals surface area contributed by atoms with Crippen LogP contribution in [0.2, 0.25) is 0 Å². The summed E-state index contributed by atoms with van der Waals surface area (Å²) in [5, 5.41) is 0. The lowest BCUT2D eigenvalue weighted by Crippen LogP contribution is -2.40. The first-order valence-electron chi connectivity index (χ1n) is 9.25. The Kier molecular flexibility index (Phi) is 11.5. The van der Waals surface area contributed by atoms with Crippen LogP contribution in [0.3, 0.4) is 0 Å². The Bertz CT molecular complexity index is 613. The molecule has 1 rings (SSSR count). The molecule has 154 valence electrons. The number of carbonyl (C=O) groups excluding carboxylic acids is 2. The first-order chi connectivity index (χ1) is 13.5. The topological polar surface area (TPSA) is 71.1 Å². The lowest BCUT2D eigenvalue weighted by molar-refractivity contribution is -0.171. The fourth-order valence-corrected chi connectivity index (χ4v) is 2.57. The molecular formula is C22H30O6. The van der Waals surface area contributed by atoms with Crippen LogP contribution in [-0.2, 0) is 35.1 Å². The molecule has 0 unspecified atom stereocenters. The van der Waals surface area contributed by atoms with Crippen LogP contribution in [0.1, 0.15) is 32.3 Å². The zero-order valence-corrected chi connectivity index (χ0v) is 16.7. The zero-order chi connectivity index (χ0) is 20.8. The molecule has 0 spiro atoms. The summed E-state index contributed by atoms with van der Waals surface area (Å²) in [5.41, 5.74) is 1.06. The van der Waals surface area contributed by atoms with Gasteiger partial charge < -0.3 is 18.9 Å². The van der Waals surface area contributed by atoms with Gasteiger partial charge in [0.2, 0.25) is 0 Å². The standard InChI is InChI=1S/C22H30O6/c1-5-10-20(15-25-14-19-12-8-7-9-13-19)28-22(16-26-17(3)23)21(11-6-2)27-18(4)24/h5-9,12-13,20-22H,1-2,10-11,14-16H2,3-4H3/t20-,21-,22-/m1/s1. The summed E-state index contributed by atoms with van der Waals surface area (Å²) in [7, 11) is 0. The molecule has 28 heavy (non-hydrogen) atoms. The van der Waals surface area contributed by atoms with Gasteiger partial charge in [0, 0.05) is 20.3 Å². The summed E-state index contributed by atoms with van der Waals surface area (Å²) in [6.45, 7) is 10.8. The number of hydrogen-bond donors (Lipinski definition) is 0. The van der Waals surface area contributed by atoms with Crippen LogP contribution < -0.4 is 0 Å². The van der Waals surface area contributed by atoms with Gasteiger partial charge in [0.25, 0.3) is 0 Å². The molecule has 0 aliphatic heterocycles. The third-order valence-electron chi connectivity index (χ3n) is 3.79. The lowest BCUT2D eigenvalue weighted by Gasteiger charge is -2.29. The van der Waals surface area contributed by atoms with Gasteiger partial charge in [-0.15, -0.1) is 13.2 Å². The molecule has 0 radical (unpaired) electrons. The van der Waals surface area contributed by atoms with Gasteiger partial charge in [-0.05, 0) is 12.0 Å². The Morgan fingerprint density at radius 3 is 2.21 bits per heavy atom. The number of benzene rings is 1. The normalized spacial score (nSPS) is 13.8. The van der Waals surface area contributed by atoms with E-state index in [1.54, 1.807) is 12.2 Å². The minimum absolute atomic E-state index is 0.0343. The molecule has 0 amide bonds. The monoisotopic (exact) mass is 390 g/mol. The summed E-state index contributed by atoms with van der Waals surface area (Å²) in [4.78, 5) is 22.7. The molecule has 0 aliphatic carbocycles. The molecule has 0 heterocycles. The van der Waals surface area contributed by atoms with E-state index in [-0.39, 0.29) is 12.7 Å². The first kappa shape index (κ1) is 23.6. The van der Waals surface area contributed by atoms with Gasteiger partial charge in [-0.3, -0.25) is 9.59 Å². The molecule has 0 aromatic heterocycles. The van der Waals surface area contributed by atoms with Crippen LogP contribution in [0.4, 0.5) is 0 Å². The number of carbonyl (C=O) groups is 2. The van der Waals surface area contributed by atoms with E-state index in [9.17, 15) is 9.59 Å². The fraction of sp³-hybridized carbons (Fsp3) is 0.455. The quantitative estimate of drug-likeness (QED) is 0.357. The first-order valence-corrected chi connectivity index (χ1v) is 9.25. The van der Waals surface area contributed by atoms with Crippen molar-refractivity contribution in [1.82, 2.24) is 0 Å². The van der Waals surface area contributed by atoms with E-state index in [0.717, 1.165) is 5.56 Å². The molecule has 3 atom stereocenters. The van der Waals surface area contributed by atoms with Crippen molar-refractivity contribution in [3.05, 3.63) is 61.2 Å². The summed E-state index contributed by atoms with van der Waals surface area (Å²) in [6, 6.07) is 9.80. The van der Waals surface area contributed by atoms with Gasteiger partial charge in [-0.2, -0.15) is 0 Å². The molecule has 0 fully saturated rings. The van der Waals surface area contributed by atoms with Crippen molar-refractivity contribution in [1.29, 1.82) is 0 Å². The van der Waals surface area contributed by atoms with Gasteiger partial charge in [-0.1, -0.05) is 42.5 Å². The number of ether oxygens (including phenoxy) is 4. The average molecular weight is 390 g/mol. The second kappa shape index (κ2) is 13.7. The Morgan fingerprint density at radius 1 is 0.964 bits per heavy atom. The highest BCUT2D eigenvalue weighted by molar-refractivity contribution is 5.66. The molecular weight excluding hydrogens is 360 g/mol. The van der Waals surface area contributed by atoms with Crippen LogP contribution in [0.5, 0.6) is 0 Å². The molecule has 0 saturated carbocycles. The van der Waals surface area contributed by atoms with E-state index in [0.29, 0.717) is 26.1 Å².